The number of para-hydroxylation sites is 1. The van der Waals surface area contributed by atoms with Gasteiger partial charge in [0.15, 0.2) is 0 Å². The average Bonchev–Trinajstić information content (AvgIpc) is 2.16. The van der Waals surface area contributed by atoms with Crippen LogP contribution in [-0.4, -0.2) is 16.3 Å². The number of rotatable bonds is 3. The van der Waals surface area contributed by atoms with E-state index in [1.54, 1.807) is 24.3 Å². The molecule has 70 valence electrons. The van der Waals surface area contributed by atoms with Gasteiger partial charge in [0.2, 0.25) is 0 Å². The van der Waals surface area contributed by atoms with Gasteiger partial charge < -0.3 is 5.11 Å². The summed E-state index contributed by atoms with van der Waals surface area (Å²) in [4.78, 5) is 9.80. The molecule has 3 N–H and O–H groups in total. The first-order chi connectivity index (χ1) is 6.16. The summed E-state index contributed by atoms with van der Waals surface area (Å²) in [6.45, 7) is 0. The lowest BCUT2D eigenvalue weighted by atomic mass is 10.1. The number of anilines is 1. The highest BCUT2D eigenvalue weighted by Crippen LogP contribution is 2.28. The van der Waals surface area contributed by atoms with Crippen LogP contribution in [0.15, 0.2) is 24.3 Å². The van der Waals surface area contributed by atoms with Crippen LogP contribution in [0, 0.1) is 0 Å². The molecule has 0 aliphatic rings. The van der Waals surface area contributed by atoms with E-state index in [1.165, 1.54) is 0 Å². The van der Waals surface area contributed by atoms with E-state index < -0.39 is 10.8 Å². The molecule has 5 heteroatoms. The summed E-state index contributed by atoms with van der Waals surface area (Å²) in [6.07, 6.45) is 0. The smallest absolute Gasteiger partial charge is 0.321 e. The first-order valence-corrected chi connectivity index (χ1v) is 4.44. The molecule has 0 spiro atoms. The average molecular weight is 246 g/mol. The molecule has 1 unspecified atom stereocenters. The van der Waals surface area contributed by atoms with Crippen molar-refractivity contribution < 1.29 is 15.1 Å². The van der Waals surface area contributed by atoms with Crippen molar-refractivity contribution in [3.8, 4) is 0 Å². The van der Waals surface area contributed by atoms with Crippen LogP contribution in [0.5, 0.6) is 0 Å². The maximum Gasteiger partial charge on any atom is 0.321 e. The third kappa shape index (κ3) is 2.19. The van der Waals surface area contributed by atoms with Crippen LogP contribution >= 0.6 is 15.9 Å². The Bertz CT molecular complexity index is 316. The maximum atomic E-state index is 10.6. The van der Waals surface area contributed by atoms with Gasteiger partial charge in [-0.2, -0.15) is 0 Å². The van der Waals surface area contributed by atoms with Gasteiger partial charge in [-0.15, -0.1) is 0 Å². The number of benzene rings is 1. The van der Waals surface area contributed by atoms with E-state index in [4.69, 9.17) is 10.3 Å². The Morgan fingerprint density at radius 1 is 1.46 bits per heavy atom. The summed E-state index contributed by atoms with van der Waals surface area (Å²) in [5.41, 5.74) is 2.80. The van der Waals surface area contributed by atoms with Crippen LogP contribution in [-0.2, 0) is 4.79 Å². The molecule has 0 bridgehead atoms. The van der Waals surface area contributed by atoms with Gasteiger partial charge >= 0.3 is 5.97 Å². The van der Waals surface area contributed by atoms with Crippen molar-refractivity contribution in [2.75, 3.05) is 5.48 Å². The molecule has 1 atom stereocenters. The third-order valence-electron chi connectivity index (χ3n) is 1.57. The van der Waals surface area contributed by atoms with Crippen molar-refractivity contribution in [3.05, 3.63) is 29.8 Å². The molecule has 0 aromatic heterocycles. The Balaban J connectivity index is 3.05. The zero-order valence-electron chi connectivity index (χ0n) is 6.57. The van der Waals surface area contributed by atoms with Crippen LogP contribution in [0.3, 0.4) is 0 Å². The van der Waals surface area contributed by atoms with Crippen molar-refractivity contribution in [2.45, 2.75) is 4.83 Å². The minimum atomic E-state index is -0.997. The molecule has 0 aliphatic heterocycles. The van der Waals surface area contributed by atoms with E-state index in [1.807, 2.05) is 5.48 Å². The minimum absolute atomic E-state index is 0.381. The van der Waals surface area contributed by atoms with Crippen molar-refractivity contribution >= 4 is 27.6 Å². The molecule has 0 saturated carbocycles. The molecule has 0 heterocycles. The van der Waals surface area contributed by atoms with Crippen molar-refractivity contribution in [3.63, 3.8) is 0 Å². The number of nitrogens with one attached hydrogen (secondary N) is 1. The fraction of sp³-hybridized carbons (Fsp3) is 0.125. The fourth-order valence-electron chi connectivity index (χ4n) is 0.953. The number of carboxylic acid groups (broad SMARTS) is 1. The van der Waals surface area contributed by atoms with Crippen LogP contribution in [0.1, 0.15) is 10.4 Å². The van der Waals surface area contributed by atoms with Gasteiger partial charge in [0.1, 0.15) is 4.83 Å². The van der Waals surface area contributed by atoms with Crippen LogP contribution < -0.4 is 5.48 Å². The SMILES string of the molecule is O=C(O)C(Br)c1ccccc1NO. The van der Waals surface area contributed by atoms with Gasteiger partial charge in [0.05, 0.1) is 5.69 Å². The largest absolute Gasteiger partial charge is 0.480 e. The lowest BCUT2D eigenvalue weighted by Gasteiger charge is -2.09. The van der Waals surface area contributed by atoms with Crippen LogP contribution in [0.25, 0.3) is 0 Å². The number of hydrogen-bond acceptors (Lipinski definition) is 3. The number of hydrogen-bond donors (Lipinski definition) is 3. The normalized spacial score (nSPS) is 12.2. The van der Waals surface area contributed by atoms with Gasteiger partial charge in [0, 0.05) is 5.56 Å². The standard InChI is InChI=1S/C8H8BrNO3/c9-7(8(11)12)5-3-1-2-4-6(5)10-13/h1-4,7,10,13H,(H,11,12). The number of carbonyl (C=O) groups is 1. The highest BCUT2D eigenvalue weighted by molar-refractivity contribution is 9.09. The number of halogens is 1. The highest BCUT2D eigenvalue weighted by atomic mass is 79.9. The summed E-state index contributed by atoms with van der Waals surface area (Å²) in [6, 6.07) is 6.61. The molecule has 13 heavy (non-hydrogen) atoms. The van der Waals surface area contributed by atoms with E-state index in [-0.39, 0.29) is 0 Å². The molecule has 1 aromatic carbocycles. The van der Waals surface area contributed by atoms with Crippen LogP contribution in [0.2, 0.25) is 0 Å². The van der Waals surface area contributed by atoms with Gasteiger partial charge in [-0.3, -0.25) is 15.5 Å². The molecule has 0 saturated heterocycles. The third-order valence-corrected chi connectivity index (χ3v) is 2.46. The number of alkyl halides is 1. The zero-order valence-corrected chi connectivity index (χ0v) is 8.15. The van der Waals surface area contributed by atoms with Crippen LogP contribution in [0.4, 0.5) is 5.69 Å². The molecular formula is C8H8BrNO3. The quantitative estimate of drug-likeness (QED) is 0.563. The molecule has 0 radical (unpaired) electrons. The first-order valence-electron chi connectivity index (χ1n) is 3.52. The second-order valence-electron chi connectivity index (χ2n) is 2.40. The summed E-state index contributed by atoms with van der Waals surface area (Å²) >= 11 is 2.99. The monoisotopic (exact) mass is 245 g/mol. The van der Waals surface area contributed by atoms with Gasteiger partial charge in [0.25, 0.3) is 0 Å². The predicted octanol–water partition coefficient (Wildman–Crippen LogP) is 2.01. The zero-order chi connectivity index (χ0) is 9.84. The minimum Gasteiger partial charge on any atom is -0.480 e. The predicted molar refractivity (Wildman–Crippen MR) is 51.2 cm³/mol. The summed E-state index contributed by atoms with van der Waals surface area (Å²) in [5, 5.41) is 17.4. The summed E-state index contributed by atoms with van der Waals surface area (Å²) in [5.74, 6) is -0.997. The Morgan fingerprint density at radius 2 is 2.08 bits per heavy atom. The molecule has 0 aliphatic carbocycles. The highest BCUT2D eigenvalue weighted by Gasteiger charge is 2.18. The second-order valence-corrected chi connectivity index (χ2v) is 3.32. The lowest BCUT2D eigenvalue weighted by molar-refractivity contribution is -0.136. The first kappa shape index (κ1) is 10.0. The molecule has 0 fully saturated rings. The Hall–Kier alpha value is -1.07. The van der Waals surface area contributed by atoms with Gasteiger partial charge in [-0.05, 0) is 6.07 Å². The van der Waals surface area contributed by atoms with Gasteiger partial charge in [-0.25, -0.2) is 0 Å². The second kappa shape index (κ2) is 4.25. The van der Waals surface area contributed by atoms with E-state index in [0.29, 0.717) is 11.3 Å². The van der Waals surface area contributed by atoms with E-state index >= 15 is 0 Å². The maximum absolute atomic E-state index is 10.6. The van der Waals surface area contributed by atoms with E-state index in [0.717, 1.165) is 0 Å². The summed E-state index contributed by atoms with van der Waals surface area (Å²) in [7, 11) is 0. The van der Waals surface area contributed by atoms with Crippen molar-refractivity contribution in [1.82, 2.24) is 0 Å². The summed E-state index contributed by atoms with van der Waals surface area (Å²) < 4.78 is 0. The topological polar surface area (TPSA) is 69.6 Å². The Morgan fingerprint density at radius 3 is 2.62 bits per heavy atom. The van der Waals surface area contributed by atoms with E-state index in [9.17, 15) is 4.79 Å². The number of aliphatic carboxylic acids is 1. The van der Waals surface area contributed by atoms with E-state index in [2.05, 4.69) is 15.9 Å². The molecule has 0 amide bonds. The molecular weight excluding hydrogens is 238 g/mol. The number of carboxylic acids is 1. The Labute approximate surface area is 83.3 Å². The van der Waals surface area contributed by atoms with Gasteiger partial charge in [-0.1, -0.05) is 34.1 Å². The Kier molecular flexibility index (Phi) is 3.27. The van der Waals surface area contributed by atoms with Crippen molar-refractivity contribution in [2.24, 2.45) is 0 Å². The fourth-order valence-corrected chi connectivity index (χ4v) is 1.35. The molecule has 4 nitrogen and oxygen atoms in total. The molecule has 1 aromatic rings. The lowest BCUT2D eigenvalue weighted by Crippen LogP contribution is -2.07. The van der Waals surface area contributed by atoms with Crippen molar-refractivity contribution in [1.29, 1.82) is 0 Å². The molecule has 1 rings (SSSR count).